The molecule has 0 radical (unpaired) electrons. The minimum Gasteiger partial charge on any atom is -0.310 e. The van der Waals surface area contributed by atoms with Crippen LogP contribution in [-0.2, 0) is 10.0 Å². The summed E-state index contributed by atoms with van der Waals surface area (Å²) in [5.41, 5.74) is 0.990. The van der Waals surface area contributed by atoms with Crippen molar-refractivity contribution in [2.45, 2.75) is 37.8 Å². The summed E-state index contributed by atoms with van der Waals surface area (Å²) in [6.45, 7) is 6.85. The van der Waals surface area contributed by atoms with Crippen LogP contribution in [0.5, 0.6) is 0 Å². The molecule has 0 bridgehead atoms. The molecule has 0 aliphatic heterocycles. The lowest BCUT2D eigenvalue weighted by Crippen LogP contribution is -2.36. The molecule has 0 aliphatic rings. The third kappa shape index (κ3) is 4.71. The van der Waals surface area contributed by atoms with Gasteiger partial charge in [-0.1, -0.05) is 19.1 Å². The molecule has 0 spiro atoms. The van der Waals surface area contributed by atoms with Gasteiger partial charge in [-0.15, -0.1) is 0 Å². The highest BCUT2D eigenvalue weighted by atomic mass is 32.2. The lowest BCUT2D eigenvalue weighted by molar-refractivity contribution is 0.415. The Morgan fingerprint density at radius 2 is 2.00 bits per heavy atom. The summed E-state index contributed by atoms with van der Waals surface area (Å²) >= 11 is 1.65. The Morgan fingerprint density at radius 1 is 1.33 bits per heavy atom. The van der Waals surface area contributed by atoms with Gasteiger partial charge >= 0.3 is 0 Å². The Hall–Kier alpha value is -0.560. The van der Waals surface area contributed by atoms with Gasteiger partial charge in [0, 0.05) is 24.9 Å². The first-order chi connectivity index (χ1) is 9.84. The maximum absolute atomic E-state index is 12.7. The van der Waals surface area contributed by atoms with Gasteiger partial charge in [0.2, 0.25) is 10.0 Å². The third-order valence-corrected chi connectivity index (χ3v) is 6.36. The predicted octanol–water partition coefficient (Wildman–Crippen LogP) is 2.73. The van der Waals surface area contributed by atoms with Crippen molar-refractivity contribution in [3.05, 3.63) is 29.8 Å². The van der Waals surface area contributed by atoms with Crippen LogP contribution in [0.3, 0.4) is 0 Å². The topological polar surface area (TPSA) is 49.4 Å². The van der Waals surface area contributed by atoms with Crippen molar-refractivity contribution in [1.82, 2.24) is 9.62 Å². The molecule has 2 atom stereocenters. The van der Waals surface area contributed by atoms with Crippen molar-refractivity contribution in [2.75, 3.05) is 25.6 Å². The summed E-state index contributed by atoms with van der Waals surface area (Å²) in [6.07, 6.45) is 1.98. The van der Waals surface area contributed by atoms with Crippen LogP contribution in [0, 0.1) is 0 Å². The molecule has 6 heteroatoms. The highest BCUT2D eigenvalue weighted by molar-refractivity contribution is 7.98. The maximum atomic E-state index is 12.7. The monoisotopic (exact) mass is 330 g/mol. The molecule has 4 nitrogen and oxygen atoms in total. The third-order valence-electron chi connectivity index (χ3n) is 3.57. The first kappa shape index (κ1) is 18.5. The largest absolute Gasteiger partial charge is 0.310 e. The van der Waals surface area contributed by atoms with Crippen LogP contribution in [0.25, 0.3) is 0 Å². The molecule has 0 heterocycles. The number of benzene rings is 1. The van der Waals surface area contributed by atoms with Crippen LogP contribution in [0.2, 0.25) is 0 Å². The van der Waals surface area contributed by atoms with Crippen LogP contribution in [-0.4, -0.2) is 44.4 Å². The Labute approximate surface area is 133 Å². The van der Waals surface area contributed by atoms with Crippen LogP contribution in [0.1, 0.15) is 32.4 Å². The average molecular weight is 331 g/mol. The lowest BCUT2D eigenvalue weighted by atomic mass is 10.1. The van der Waals surface area contributed by atoms with Crippen molar-refractivity contribution in [1.29, 1.82) is 0 Å². The Morgan fingerprint density at radius 3 is 2.57 bits per heavy atom. The lowest BCUT2D eigenvalue weighted by Gasteiger charge is -2.24. The van der Waals surface area contributed by atoms with Gasteiger partial charge in [-0.3, -0.25) is 0 Å². The van der Waals surface area contributed by atoms with E-state index in [0.29, 0.717) is 4.90 Å². The van der Waals surface area contributed by atoms with E-state index >= 15 is 0 Å². The van der Waals surface area contributed by atoms with Gasteiger partial charge < -0.3 is 5.32 Å². The number of hydrogen-bond acceptors (Lipinski definition) is 4. The van der Waals surface area contributed by atoms with Gasteiger partial charge in [-0.2, -0.15) is 16.1 Å². The van der Waals surface area contributed by atoms with E-state index in [1.807, 2.05) is 39.2 Å². The van der Waals surface area contributed by atoms with Crippen molar-refractivity contribution < 1.29 is 8.42 Å². The van der Waals surface area contributed by atoms with Crippen molar-refractivity contribution in [2.24, 2.45) is 0 Å². The molecule has 0 saturated heterocycles. The first-order valence-corrected chi connectivity index (χ1v) is 9.98. The molecule has 0 fully saturated rings. The minimum atomic E-state index is -3.44. The molecule has 1 aromatic carbocycles. The van der Waals surface area contributed by atoms with Crippen LogP contribution in [0.15, 0.2) is 29.2 Å². The van der Waals surface area contributed by atoms with Gasteiger partial charge in [-0.25, -0.2) is 8.42 Å². The van der Waals surface area contributed by atoms with Gasteiger partial charge in [0.25, 0.3) is 0 Å². The normalized spacial score (nSPS) is 15.1. The SMILES string of the molecule is CCNC(C)c1cccc(S(=O)(=O)N(C)C(C)CSC)c1. The highest BCUT2D eigenvalue weighted by Crippen LogP contribution is 2.21. The number of rotatable bonds is 8. The van der Waals surface area contributed by atoms with E-state index in [-0.39, 0.29) is 12.1 Å². The fourth-order valence-electron chi connectivity index (χ4n) is 2.12. The summed E-state index contributed by atoms with van der Waals surface area (Å²) in [4.78, 5) is 0.361. The number of hydrogen-bond donors (Lipinski definition) is 1. The predicted molar refractivity (Wildman–Crippen MR) is 91.3 cm³/mol. The second-order valence-corrected chi connectivity index (χ2v) is 8.09. The molecular formula is C15H26N2O2S2. The minimum absolute atomic E-state index is 0.0279. The summed E-state index contributed by atoms with van der Waals surface area (Å²) in [5, 5.41) is 3.30. The number of nitrogens with zero attached hydrogens (tertiary/aromatic N) is 1. The standard InChI is InChI=1S/C15H26N2O2S2/c1-6-16-13(3)14-8-7-9-15(10-14)21(18,19)17(4)12(2)11-20-5/h7-10,12-13,16H,6,11H2,1-5H3. The van der Waals surface area contributed by atoms with Gasteiger partial charge in [0.15, 0.2) is 0 Å². The van der Waals surface area contributed by atoms with Crippen molar-refractivity contribution >= 4 is 21.8 Å². The van der Waals surface area contributed by atoms with E-state index in [0.717, 1.165) is 17.9 Å². The van der Waals surface area contributed by atoms with E-state index in [9.17, 15) is 8.42 Å². The van der Waals surface area contributed by atoms with Crippen LogP contribution < -0.4 is 5.32 Å². The summed E-state index contributed by atoms with van der Waals surface area (Å²) < 4.78 is 26.8. The molecule has 0 aliphatic carbocycles. The number of thioether (sulfide) groups is 1. The Balaban J connectivity index is 3.06. The second-order valence-electron chi connectivity index (χ2n) is 5.18. The van der Waals surface area contributed by atoms with E-state index < -0.39 is 10.0 Å². The highest BCUT2D eigenvalue weighted by Gasteiger charge is 2.25. The van der Waals surface area contributed by atoms with Crippen molar-refractivity contribution in [3.8, 4) is 0 Å². The van der Waals surface area contributed by atoms with E-state index in [2.05, 4.69) is 5.32 Å². The maximum Gasteiger partial charge on any atom is 0.243 e. The molecular weight excluding hydrogens is 304 g/mol. The van der Waals surface area contributed by atoms with E-state index in [1.54, 1.807) is 30.9 Å². The zero-order valence-electron chi connectivity index (χ0n) is 13.5. The second kappa shape index (κ2) is 8.17. The van der Waals surface area contributed by atoms with Crippen molar-refractivity contribution in [3.63, 3.8) is 0 Å². The molecule has 0 saturated carbocycles. The summed E-state index contributed by atoms with van der Waals surface area (Å²) in [6, 6.07) is 7.31. The summed E-state index contributed by atoms with van der Waals surface area (Å²) in [5.74, 6) is 0.781. The van der Waals surface area contributed by atoms with Crippen LogP contribution >= 0.6 is 11.8 Å². The van der Waals surface area contributed by atoms with Gasteiger partial charge in [0.1, 0.15) is 0 Å². The smallest absolute Gasteiger partial charge is 0.243 e. The number of sulfonamides is 1. The molecule has 0 amide bonds. The molecule has 2 unspecified atom stereocenters. The molecule has 1 N–H and O–H groups in total. The Bertz CT molecular complexity index is 546. The first-order valence-electron chi connectivity index (χ1n) is 7.14. The van der Waals surface area contributed by atoms with E-state index in [4.69, 9.17) is 0 Å². The molecule has 120 valence electrons. The quantitative estimate of drug-likeness (QED) is 0.796. The molecule has 0 aromatic heterocycles. The van der Waals surface area contributed by atoms with Gasteiger partial charge in [-0.05, 0) is 44.3 Å². The average Bonchev–Trinajstić information content (AvgIpc) is 2.47. The Kier molecular flexibility index (Phi) is 7.20. The summed E-state index contributed by atoms with van der Waals surface area (Å²) in [7, 11) is -1.79. The zero-order valence-corrected chi connectivity index (χ0v) is 15.1. The molecule has 1 aromatic rings. The molecule has 1 rings (SSSR count). The van der Waals surface area contributed by atoms with E-state index in [1.165, 1.54) is 4.31 Å². The zero-order chi connectivity index (χ0) is 16.0. The fraction of sp³-hybridized carbons (Fsp3) is 0.600. The fourth-order valence-corrected chi connectivity index (χ4v) is 4.33. The van der Waals surface area contributed by atoms with Crippen LogP contribution in [0.4, 0.5) is 0 Å². The molecule has 21 heavy (non-hydrogen) atoms. The number of nitrogens with one attached hydrogen (secondary N) is 1. The van der Waals surface area contributed by atoms with Gasteiger partial charge in [0.05, 0.1) is 4.90 Å².